The third-order valence-corrected chi connectivity index (χ3v) is 0.309. The molecule has 0 saturated heterocycles. The van der Waals surface area contributed by atoms with Gasteiger partial charge in [0.25, 0.3) is 0 Å². The molecule has 0 radical (unpaired) electrons. The molecular formula is CH4N2O3S2. The van der Waals surface area contributed by atoms with E-state index in [-0.39, 0.29) is 10.5 Å². The summed E-state index contributed by atoms with van der Waals surface area (Å²) in [5, 5.41) is 8.24. The minimum atomic E-state index is -1.02. The maximum Gasteiger partial charge on any atom is 0.301 e. The molecule has 0 fully saturated rings. The molecule has 0 aliphatic heterocycles. The topological polar surface area (TPSA) is 87.4 Å². The van der Waals surface area contributed by atoms with Crippen LogP contribution in [-0.2, 0) is 4.84 Å². The molecule has 0 amide bonds. The van der Waals surface area contributed by atoms with Gasteiger partial charge in [-0.05, 0) is 12.2 Å². The van der Waals surface area contributed by atoms with Crippen LogP contribution in [-0.4, -0.2) is 9.47 Å². The molecule has 0 atom stereocenters. The van der Waals surface area contributed by atoms with Crippen molar-refractivity contribution in [1.29, 1.82) is 0 Å². The molecule has 0 aromatic rings. The fraction of sp³-hybridized carbons (Fsp3) is 0. The predicted octanol–water partition coefficient (Wildman–Crippen LogP) is 0.571. The molecule has 0 heterocycles. The number of thiol groups is 1. The van der Waals surface area contributed by atoms with Crippen LogP contribution in [0.1, 0.15) is 0 Å². The van der Waals surface area contributed by atoms with Gasteiger partial charge in [-0.15, -0.1) is 22.7 Å². The summed E-state index contributed by atoms with van der Waals surface area (Å²) in [4.78, 5) is 12.8. The maximum absolute atomic E-state index is 9.26. The van der Waals surface area contributed by atoms with Gasteiger partial charge < -0.3 is 6.15 Å². The van der Waals surface area contributed by atoms with Crippen molar-refractivity contribution in [2.45, 2.75) is 0 Å². The average Bonchev–Trinajstić information content (AvgIpc) is 1.27. The van der Waals surface area contributed by atoms with Crippen molar-refractivity contribution in [2.24, 2.45) is 0 Å². The maximum atomic E-state index is 9.26. The van der Waals surface area contributed by atoms with Gasteiger partial charge in [0.05, 0.1) is 0 Å². The lowest BCUT2D eigenvalue weighted by atomic mass is 11.7. The standard InChI is InChI=1S/CHNO3S2.H3N/c3-2(4)5-1(6)7;/h(H,6,7);1H3. The number of hydrogen-bond donors (Lipinski definition) is 2. The van der Waals surface area contributed by atoms with Crippen LogP contribution in [0.2, 0.25) is 0 Å². The van der Waals surface area contributed by atoms with E-state index in [1.165, 1.54) is 0 Å². The van der Waals surface area contributed by atoms with Crippen molar-refractivity contribution >= 4 is 29.2 Å². The van der Waals surface area contributed by atoms with E-state index in [2.05, 4.69) is 29.7 Å². The van der Waals surface area contributed by atoms with Crippen LogP contribution in [0.15, 0.2) is 0 Å². The Kier molecular flexibility index (Phi) is 6.27. The zero-order chi connectivity index (χ0) is 5.86. The van der Waals surface area contributed by atoms with E-state index in [0.717, 1.165) is 0 Å². The van der Waals surface area contributed by atoms with Crippen LogP contribution in [0.25, 0.3) is 0 Å². The van der Waals surface area contributed by atoms with Crippen LogP contribution >= 0.6 is 24.8 Å². The van der Waals surface area contributed by atoms with E-state index < -0.39 is 5.09 Å². The molecule has 0 saturated carbocycles. The fourth-order valence-corrected chi connectivity index (χ4v) is 0.191. The normalized spacial score (nSPS) is 6.62. The molecule has 0 spiro atoms. The predicted molar refractivity (Wildman–Crippen MR) is 34.7 cm³/mol. The highest BCUT2D eigenvalue weighted by Crippen LogP contribution is 1.84. The second kappa shape index (κ2) is 4.75. The van der Waals surface area contributed by atoms with E-state index in [9.17, 15) is 10.1 Å². The highest BCUT2D eigenvalue weighted by molar-refractivity contribution is 8.10. The Morgan fingerprint density at radius 2 is 2.25 bits per heavy atom. The summed E-state index contributed by atoms with van der Waals surface area (Å²) in [6, 6.07) is 0. The average molecular weight is 156 g/mol. The molecule has 7 heteroatoms. The number of rotatable bonds is 1. The molecule has 3 N–H and O–H groups in total. The van der Waals surface area contributed by atoms with Gasteiger partial charge in [-0.3, -0.25) is 4.84 Å². The van der Waals surface area contributed by atoms with Crippen molar-refractivity contribution in [3.8, 4) is 0 Å². The fourth-order valence-electron chi connectivity index (χ4n) is 0.0638. The van der Waals surface area contributed by atoms with E-state index in [0.29, 0.717) is 0 Å². The minimum Gasteiger partial charge on any atom is -0.344 e. The van der Waals surface area contributed by atoms with Gasteiger partial charge in [-0.2, -0.15) is 0 Å². The van der Waals surface area contributed by atoms with Crippen molar-refractivity contribution < 1.29 is 9.92 Å². The van der Waals surface area contributed by atoms with Gasteiger partial charge in [0, 0.05) is 0 Å². The van der Waals surface area contributed by atoms with Crippen molar-refractivity contribution in [1.82, 2.24) is 6.15 Å². The lowest BCUT2D eigenvalue weighted by molar-refractivity contribution is -0.721. The summed E-state index contributed by atoms with van der Waals surface area (Å²) in [7, 11) is 0. The van der Waals surface area contributed by atoms with E-state index >= 15 is 0 Å². The second-order valence-corrected chi connectivity index (χ2v) is 1.66. The molecule has 0 aliphatic carbocycles. The molecule has 0 aromatic carbocycles. The van der Waals surface area contributed by atoms with Crippen LogP contribution in [0.4, 0.5) is 0 Å². The zero-order valence-electron chi connectivity index (χ0n) is 3.73. The summed E-state index contributed by atoms with van der Waals surface area (Å²) >= 11 is 7.38. The highest BCUT2D eigenvalue weighted by atomic mass is 32.1. The number of hydrogen-bond acceptors (Lipinski definition) is 5. The summed E-state index contributed by atoms with van der Waals surface area (Å²) in [6.07, 6.45) is 0. The summed E-state index contributed by atoms with van der Waals surface area (Å²) in [6.45, 7) is 0. The number of nitrogens with zero attached hydrogens (tertiary/aromatic N) is 1. The van der Waals surface area contributed by atoms with Crippen LogP contribution in [0.5, 0.6) is 0 Å². The van der Waals surface area contributed by atoms with E-state index in [4.69, 9.17) is 0 Å². The largest absolute Gasteiger partial charge is 0.344 e. The second-order valence-electron chi connectivity index (χ2n) is 0.581. The van der Waals surface area contributed by atoms with Crippen molar-refractivity contribution in [3.63, 3.8) is 0 Å². The molecule has 8 heavy (non-hydrogen) atoms. The zero-order valence-corrected chi connectivity index (χ0v) is 5.45. The highest BCUT2D eigenvalue weighted by Gasteiger charge is 1.92. The summed E-state index contributed by atoms with van der Waals surface area (Å²) in [5.74, 6) is 0. The first-order valence-electron chi connectivity index (χ1n) is 1.18. The molecule has 5 nitrogen and oxygen atoms in total. The Morgan fingerprint density at radius 3 is 2.25 bits per heavy atom. The lowest BCUT2D eigenvalue weighted by Crippen LogP contribution is -2.00. The SMILES string of the molecule is N.O=[N+]([O-])OC(=S)S. The van der Waals surface area contributed by atoms with Gasteiger partial charge in [0.15, 0.2) is 0 Å². The summed E-state index contributed by atoms with van der Waals surface area (Å²) < 4.78 is -0.384. The Hall–Kier alpha value is -0.400. The Bertz CT molecular complexity index is 91.5. The van der Waals surface area contributed by atoms with Crippen molar-refractivity contribution in [3.05, 3.63) is 10.1 Å². The first-order valence-corrected chi connectivity index (χ1v) is 2.04. The minimum absolute atomic E-state index is 0. The molecular weight excluding hydrogens is 152 g/mol. The van der Waals surface area contributed by atoms with Gasteiger partial charge in [0.1, 0.15) is 0 Å². The van der Waals surface area contributed by atoms with E-state index in [1.807, 2.05) is 0 Å². The van der Waals surface area contributed by atoms with Gasteiger partial charge >= 0.3 is 5.09 Å². The lowest BCUT2D eigenvalue weighted by Gasteiger charge is -1.85. The molecule has 0 bridgehead atoms. The molecule has 0 rings (SSSR count). The summed E-state index contributed by atoms with van der Waals surface area (Å²) in [5.41, 5.74) is 0. The van der Waals surface area contributed by atoms with E-state index in [1.54, 1.807) is 0 Å². The van der Waals surface area contributed by atoms with Crippen molar-refractivity contribution in [2.75, 3.05) is 0 Å². The smallest absolute Gasteiger partial charge is 0.301 e. The quantitative estimate of drug-likeness (QED) is 0.251. The molecule has 48 valence electrons. The van der Waals surface area contributed by atoms with Crippen LogP contribution in [0.3, 0.4) is 0 Å². The van der Waals surface area contributed by atoms with Crippen LogP contribution in [0, 0.1) is 10.1 Å². The first kappa shape index (κ1) is 10.6. The van der Waals surface area contributed by atoms with Gasteiger partial charge in [-0.25, -0.2) is 0 Å². The molecule has 0 unspecified atom stereocenters. The molecule has 0 aromatic heterocycles. The molecule has 0 aliphatic rings. The monoisotopic (exact) mass is 156 g/mol. The van der Waals surface area contributed by atoms with Crippen LogP contribution < -0.4 is 6.15 Å². The Labute approximate surface area is 56.1 Å². The van der Waals surface area contributed by atoms with Gasteiger partial charge in [0.2, 0.25) is 4.38 Å². The Morgan fingerprint density at radius 1 is 1.88 bits per heavy atom. The number of thiocarbonyl (C=S) groups is 1. The van der Waals surface area contributed by atoms with Gasteiger partial charge in [-0.1, -0.05) is 0 Å². The third-order valence-electron chi connectivity index (χ3n) is 0.153. The third kappa shape index (κ3) is 9.14. The first-order chi connectivity index (χ1) is 3.13. The Balaban J connectivity index is 0.